The van der Waals surface area contributed by atoms with E-state index in [4.69, 9.17) is 4.74 Å². The van der Waals surface area contributed by atoms with E-state index in [2.05, 4.69) is 59.2 Å². The van der Waals surface area contributed by atoms with Gasteiger partial charge in [-0.05, 0) is 115 Å². The molecule has 6 heteroatoms. The van der Waals surface area contributed by atoms with Crippen LogP contribution in [0.1, 0.15) is 50.8 Å². The molecule has 0 aliphatic heterocycles. The van der Waals surface area contributed by atoms with Crippen molar-refractivity contribution < 1.29 is 4.74 Å². The van der Waals surface area contributed by atoms with Crippen LogP contribution in [0.4, 0.5) is 0 Å². The Labute approximate surface area is 242 Å². The zero-order valence-corrected chi connectivity index (χ0v) is 24.3. The normalized spacial score (nSPS) is 9.32. The molecule has 0 unspecified atom stereocenters. The van der Waals surface area contributed by atoms with Crippen molar-refractivity contribution in [2.45, 2.75) is 6.92 Å². The number of hydrogen-bond acceptors (Lipinski definition) is 6. The Morgan fingerprint density at radius 2 is 0.658 bits per heavy atom. The van der Waals surface area contributed by atoms with Crippen molar-refractivity contribution in [3.8, 4) is 64.3 Å². The first-order valence-corrected chi connectivity index (χ1v) is 15.3. The Morgan fingerprint density at radius 1 is 0.395 bits per heavy atom. The number of hydrogen-bond donors (Lipinski definition) is 0. The van der Waals surface area contributed by atoms with Gasteiger partial charge in [0.05, 0.1) is 51.0 Å². The lowest BCUT2D eigenvalue weighted by atomic mass is 10.3. The topological polar surface area (TPSA) is 9.23 Å². The van der Waals surface area contributed by atoms with Crippen molar-refractivity contribution in [3.05, 3.63) is 105 Å². The Hall–Kier alpha value is -3.90. The van der Waals surface area contributed by atoms with E-state index in [9.17, 15) is 0 Å². The van der Waals surface area contributed by atoms with E-state index in [0.717, 1.165) is 49.0 Å². The number of methoxy groups -OCH3 is 1. The van der Waals surface area contributed by atoms with Crippen LogP contribution in [0.5, 0.6) is 5.06 Å². The summed E-state index contributed by atoms with van der Waals surface area (Å²) in [7, 11) is 1.67. The molecule has 180 valence electrons. The van der Waals surface area contributed by atoms with Gasteiger partial charge < -0.3 is 4.74 Å². The summed E-state index contributed by atoms with van der Waals surface area (Å²) in [4.78, 5) is 8.98. The van der Waals surface area contributed by atoms with Crippen LogP contribution in [0.25, 0.3) is 0 Å². The predicted octanol–water partition coefficient (Wildman–Crippen LogP) is 7.97. The molecule has 0 radical (unpaired) electrons. The Balaban J connectivity index is 1.20. The van der Waals surface area contributed by atoms with E-state index in [1.807, 2.05) is 67.6 Å². The second-order valence-electron chi connectivity index (χ2n) is 7.35. The van der Waals surface area contributed by atoms with Crippen molar-refractivity contribution in [1.29, 1.82) is 0 Å². The minimum absolute atomic E-state index is 0.864. The van der Waals surface area contributed by atoms with Crippen LogP contribution in [0.2, 0.25) is 0 Å². The monoisotopic (exact) mass is 576 g/mol. The van der Waals surface area contributed by atoms with Gasteiger partial charge >= 0.3 is 0 Å². The fraction of sp³-hybridized carbons (Fsp3) is 0.0625. The van der Waals surface area contributed by atoms with Gasteiger partial charge in [0, 0.05) is 0 Å². The number of rotatable bonds is 1. The van der Waals surface area contributed by atoms with Gasteiger partial charge in [-0.3, -0.25) is 0 Å². The molecular weight excluding hydrogens is 561 g/mol. The van der Waals surface area contributed by atoms with E-state index in [0.29, 0.717) is 0 Å². The van der Waals surface area contributed by atoms with Crippen LogP contribution in [0, 0.1) is 59.2 Å². The van der Waals surface area contributed by atoms with E-state index < -0.39 is 0 Å². The minimum atomic E-state index is 0.864. The molecule has 5 aromatic heterocycles. The van der Waals surface area contributed by atoms with Crippen molar-refractivity contribution >= 4 is 56.7 Å². The van der Waals surface area contributed by atoms with Gasteiger partial charge in [0.25, 0.3) is 0 Å². The molecule has 0 saturated carbocycles. The minimum Gasteiger partial charge on any atom is -0.487 e. The maximum absolute atomic E-state index is 5.22. The smallest absolute Gasteiger partial charge is 0.174 e. The average molecular weight is 577 g/mol. The second kappa shape index (κ2) is 12.6. The number of thiophene rings is 5. The van der Waals surface area contributed by atoms with Crippen molar-refractivity contribution in [3.63, 3.8) is 0 Å². The summed E-state index contributed by atoms with van der Waals surface area (Å²) in [5.41, 5.74) is 0. The summed E-state index contributed by atoms with van der Waals surface area (Å²) in [5, 5.41) is 0.864. The number of ether oxygens (including phenoxy) is 1. The molecule has 38 heavy (non-hydrogen) atoms. The second-order valence-corrected chi connectivity index (χ2v) is 12.7. The molecule has 0 aliphatic rings. The van der Waals surface area contributed by atoms with Crippen LogP contribution in [-0.4, -0.2) is 7.11 Å². The van der Waals surface area contributed by atoms with E-state index >= 15 is 0 Å². The molecule has 0 aliphatic carbocycles. The van der Waals surface area contributed by atoms with Crippen molar-refractivity contribution in [2.24, 2.45) is 0 Å². The van der Waals surface area contributed by atoms with Crippen LogP contribution in [0.15, 0.2) is 60.7 Å². The van der Waals surface area contributed by atoms with Crippen molar-refractivity contribution in [2.75, 3.05) is 7.11 Å². The molecular formula is C32H16OS5. The highest BCUT2D eigenvalue weighted by Gasteiger charge is 2.00. The molecule has 5 aromatic rings. The highest BCUT2D eigenvalue weighted by Crippen LogP contribution is 2.23. The van der Waals surface area contributed by atoms with E-state index in [1.54, 1.807) is 52.5 Å². The SMILES string of the molecule is CC#Cc1ccc(C#Cc2ccc(C#Cc3ccc(C#Cc4ccc(C#Cc5ccc(OC)s5)s4)s3)s2)s1. The fourth-order valence-corrected chi connectivity index (χ4v) is 6.58. The molecule has 1 nitrogen and oxygen atoms in total. The third-order valence-corrected chi connectivity index (χ3v) is 9.32. The first-order chi connectivity index (χ1) is 18.7. The summed E-state index contributed by atoms with van der Waals surface area (Å²) in [6, 6.07) is 20.0. The fourth-order valence-electron chi connectivity index (χ4n) is 3.00. The molecule has 0 saturated heterocycles. The molecule has 0 atom stereocenters. The average Bonchev–Trinajstić information content (AvgIpc) is 3.76. The first kappa shape index (κ1) is 25.7. The van der Waals surface area contributed by atoms with Crippen LogP contribution < -0.4 is 4.74 Å². The molecule has 0 aromatic carbocycles. The molecule has 0 spiro atoms. The van der Waals surface area contributed by atoms with Crippen LogP contribution >= 0.6 is 56.7 Å². The summed E-state index contributed by atoms with van der Waals surface area (Å²) in [6.45, 7) is 1.84. The Morgan fingerprint density at radius 3 is 0.921 bits per heavy atom. The summed E-state index contributed by atoms with van der Waals surface area (Å²) in [6.07, 6.45) is 0. The van der Waals surface area contributed by atoms with E-state index in [-0.39, 0.29) is 0 Å². The highest BCUT2D eigenvalue weighted by atomic mass is 32.1. The third-order valence-electron chi connectivity index (χ3n) is 4.69. The summed E-state index contributed by atoms with van der Waals surface area (Å²) < 4.78 is 5.22. The zero-order chi connectivity index (χ0) is 26.2. The van der Waals surface area contributed by atoms with Gasteiger partial charge in [0.2, 0.25) is 0 Å². The molecule has 0 bridgehead atoms. The maximum Gasteiger partial charge on any atom is 0.174 e. The standard InChI is InChI=1S/C32H16OS5/c1-3-4-23-5-6-24(34-23)7-8-25-9-10-26(35-25)11-12-27-13-14-28(36-27)15-16-29-17-18-30(37-29)19-20-31-21-22-32(33-2)38-31/h5-6,9-10,13-14,17-18,21-22H,1-2H3. The van der Waals surface area contributed by atoms with Crippen molar-refractivity contribution in [1.82, 2.24) is 0 Å². The van der Waals surface area contributed by atoms with Gasteiger partial charge in [0.15, 0.2) is 5.06 Å². The van der Waals surface area contributed by atoms with Gasteiger partial charge in [-0.15, -0.1) is 51.3 Å². The molecule has 5 heterocycles. The lowest BCUT2D eigenvalue weighted by Gasteiger charge is -1.87. The molecule has 5 rings (SSSR count). The quantitative estimate of drug-likeness (QED) is 0.184. The predicted molar refractivity (Wildman–Crippen MR) is 165 cm³/mol. The Kier molecular flexibility index (Phi) is 8.51. The zero-order valence-electron chi connectivity index (χ0n) is 20.2. The highest BCUT2D eigenvalue weighted by molar-refractivity contribution is 7.15. The lowest BCUT2D eigenvalue weighted by molar-refractivity contribution is 0.427. The Bertz CT molecular complexity index is 1910. The molecule has 0 fully saturated rings. The first-order valence-electron chi connectivity index (χ1n) is 11.2. The lowest BCUT2D eigenvalue weighted by Crippen LogP contribution is -1.73. The third kappa shape index (κ3) is 7.11. The van der Waals surface area contributed by atoms with Gasteiger partial charge in [-0.25, -0.2) is 0 Å². The maximum atomic E-state index is 5.22. The molecule has 0 amide bonds. The van der Waals surface area contributed by atoms with Crippen LogP contribution in [-0.2, 0) is 0 Å². The van der Waals surface area contributed by atoms with Crippen LogP contribution in [0.3, 0.4) is 0 Å². The van der Waals surface area contributed by atoms with Gasteiger partial charge in [-0.1, -0.05) is 17.3 Å². The summed E-state index contributed by atoms with van der Waals surface area (Å²) in [5.74, 6) is 31.8. The summed E-state index contributed by atoms with van der Waals surface area (Å²) >= 11 is 7.94. The van der Waals surface area contributed by atoms with Gasteiger partial charge in [-0.2, -0.15) is 0 Å². The largest absolute Gasteiger partial charge is 0.487 e. The van der Waals surface area contributed by atoms with E-state index in [1.165, 1.54) is 11.3 Å². The molecule has 0 N–H and O–H groups in total. The van der Waals surface area contributed by atoms with Gasteiger partial charge in [0.1, 0.15) is 0 Å².